The fourth-order valence-corrected chi connectivity index (χ4v) is 1.38. The van der Waals surface area contributed by atoms with Crippen molar-refractivity contribution >= 4 is 12.6 Å². The minimum atomic E-state index is -0.372. The average Bonchev–Trinajstić information content (AvgIpc) is 2.62. The van der Waals surface area contributed by atoms with Crippen molar-refractivity contribution in [2.24, 2.45) is 0 Å². The number of nitrogens with zero attached hydrogens (tertiary/aromatic N) is 3. The van der Waals surface area contributed by atoms with Gasteiger partial charge in [0.15, 0.2) is 5.82 Å². The molecule has 2 heterocycles. The molecule has 0 saturated carbocycles. The van der Waals surface area contributed by atoms with Crippen LogP contribution in [0.25, 0.3) is 5.82 Å². The fraction of sp³-hybridized carbons (Fsp3) is 0.0909. The fourth-order valence-electron chi connectivity index (χ4n) is 1.26. The Balaban J connectivity index is 2.43. The molecule has 0 fully saturated rings. The maximum absolute atomic E-state index is 12.7. The Bertz CT molecular complexity index is 563. The van der Waals surface area contributed by atoms with Gasteiger partial charge in [0.1, 0.15) is 5.82 Å². The number of halogens is 1. The Labute approximate surface area is 97.7 Å². The molecule has 2 aromatic heterocycles. The van der Waals surface area contributed by atoms with Crippen LogP contribution < -0.4 is 0 Å². The second-order valence-electron chi connectivity index (χ2n) is 3.14. The third-order valence-corrected chi connectivity index (χ3v) is 2.15. The number of rotatable bonds is 1. The first-order valence-electron chi connectivity index (χ1n) is 4.54. The van der Waals surface area contributed by atoms with Crippen molar-refractivity contribution in [1.82, 2.24) is 14.8 Å². The highest BCUT2D eigenvalue weighted by Crippen LogP contribution is 2.09. The van der Waals surface area contributed by atoms with Crippen molar-refractivity contribution in [1.29, 1.82) is 0 Å². The van der Waals surface area contributed by atoms with Crippen LogP contribution in [0.2, 0.25) is 0 Å². The summed E-state index contributed by atoms with van der Waals surface area (Å²) in [7, 11) is 0. The molecule has 0 saturated heterocycles. The van der Waals surface area contributed by atoms with Crippen molar-refractivity contribution in [3.63, 3.8) is 0 Å². The molecule has 2 aromatic rings. The lowest BCUT2D eigenvalue weighted by Crippen LogP contribution is -1.97. The Morgan fingerprint density at radius 2 is 2.25 bits per heavy atom. The van der Waals surface area contributed by atoms with Gasteiger partial charge in [-0.25, -0.2) is 14.1 Å². The van der Waals surface area contributed by atoms with E-state index in [0.29, 0.717) is 5.82 Å². The van der Waals surface area contributed by atoms with Gasteiger partial charge >= 0.3 is 0 Å². The van der Waals surface area contributed by atoms with Crippen LogP contribution in [-0.4, -0.2) is 14.8 Å². The maximum Gasteiger partial charge on any atom is 0.153 e. The minimum Gasteiger partial charge on any atom is -0.234 e. The van der Waals surface area contributed by atoms with E-state index in [1.165, 1.54) is 6.07 Å². The van der Waals surface area contributed by atoms with E-state index in [1.54, 1.807) is 16.9 Å². The lowest BCUT2D eigenvalue weighted by Gasteiger charge is -1.98. The SMILES string of the molecule is Cc1nn(-c2ccc(F)cn2)cc1C#CS. The van der Waals surface area contributed by atoms with Gasteiger partial charge in [-0.15, -0.1) is 0 Å². The van der Waals surface area contributed by atoms with Gasteiger partial charge in [0, 0.05) is 6.20 Å². The molecular formula is C11H8FN3S. The molecule has 0 aliphatic rings. The predicted molar refractivity (Wildman–Crippen MR) is 61.9 cm³/mol. The zero-order chi connectivity index (χ0) is 11.5. The summed E-state index contributed by atoms with van der Waals surface area (Å²) < 4.78 is 14.2. The summed E-state index contributed by atoms with van der Waals surface area (Å²) in [6, 6.07) is 2.89. The van der Waals surface area contributed by atoms with Crippen LogP contribution in [0.1, 0.15) is 11.3 Å². The first kappa shape index (κ1) is 10.7. The lowest BCUT2D eigenvalue weighted by atomic mass is 10.3. The van der Waals surface area contributed by atoms with Crippen LogP contribution in [0, 0.1) is 23.9 Å². The summed E-state index contributed by atoms with van der Waals surface area (Å²) in [6.07, 6.45) is 2.88. The molecule has 0 aliphatic carbocycles. The summed E-state index contributed by atoms with van der Waals surface area (Å²) in [6.45, 7) is 1.84. The van der Waals surface area contributed by atoms with E-state index in [9.17, 15) is 4.39 Å². The zero-order valence-corrected chi connectivity index (χ0v) is 9.37. The second-order valence-corrected chi connectivity index (χ2v) is 3.37. The number of thiol groups is 1. The molecule has 16 heavy (non-hydrogen) atoms. The van der Waals surface area contributed by atoms with Gasteiger partial charge in [-0.1, -0.05) is 18.5 Å². The minimum absolute atomic E-state index is 0.372. The molecule has 80 valence electrons. The standard InChI is InChI=1S/C11H8FN3S/c1-8-9(4-5-16)7-15(14-8)11-3-2-10(12)6-13-11/h2-3,6-7,16H,1H3. The smallest absolute Gasteiger partial charge is 0.153 e. The molecule has 2 rings (SSSR count). The molecule has 0 aliphatic heterocycles. The topological polar surface area (TPSA) is 30.7 Å². The molecule has 0 aromatic carbocycles. The van der Waals surface area contributed by atoms with Gasteiger partial charge in [0.25, 0.3) is 0 Å². The molecule has 0 amide bonds. The monoisotopic (exact) mass is 233 g/mol. The highest BCUT2D eigenvalue weighted by Gasteiger charge is 2.05. The molecule has 0 atom stereocenters. The van der Waals surface area contributed by atoms with Gasteiger partial charge in [-0.3, -0.25) is 0 Å². The summed E-state index contributed by atoms with van der Waals surface area (Å²) >= 11 is 3.83. The molecule has 0 spiro atoms. The molecule has 0 N–H and O–H groups in total. The van der Waals surface area contributed by atoms with Gasteiger partial charge in [0.2, 0.25) is 0 Å². The van der Waals surface area contributed by atoms with E-state index in [2.05, 4.69) is 33.9 Å². The molecule has 3 nitrogen and oxygen atoms in total. The first-order chi connectivity index (χ1) is 7.70. The summed E-state index contributed by atoms with van der Waals surface area (Å²) in [5, 5.41) is 6.73. The highest BCUT2D eigenvalue weighted by atomic mass is 32.1. The van der Waals surface area contributed by atoms with Crippen LogP contribution in [0.4, 0.5) is 4.39 Å². The van der Waals surface area contributed by atoms with Crippen molar-refractivity contribution < 1.29 is 4.39 Å². The summed E-state index contributed by atoms with van der Waals surface area (Å²) in [5.41, 5.74) is 1.56. The van der Waals surface area contributed by atoms with Crippen molar-refractivity contribution in [3.05, 3.63) is 41.6 Å². The number of aromatic nitrogens is 3. The number of hydrogen-bond acceptors (Lipinski definition) is 3. The second kappa shape index (κ2) is 4.37. The molecule has 0 bridgehead atoms. The van der Waals surface area contributed by atoms with Crippen molar-refractivity contribution in [2.45, 2.75) is 6.92 Å². The third kappa shape index (κ3) is 2.07. The van der Waals surface area contributed by atoms with Crippen LogP contribution in [-0.2, 0) is 0 Å². The number of aryl methyl sites for hydroxylation is 1. The highest BCUT2D eigenvalue weighted by molar-refractivity contribution is 7.85. The first-order valence-corrected chi connectivity index (χ1v) is 4.99. The van der Waals surface area contributed by atoms with Crippen LogP contribution in [0.15, 0.2) is 24.5 Å². The van der Waals surface area contributed by atoms with Crippen molar-refractivity contribution in [2.75, 3.05) is 0 Å². The van der Waals surface area contributed by atoms with Crippen LogP contribution in [0.5, 0.6) is 0 Å². The van der Waals surface area contributed by atoms with Crippen LogP contribution >= 0.6 is 12.6 Å². The van der Waals surface area contributed by atoms with E-state index in [-0.39, 0.29) is 5.82 Å². The molecule has 5 heteroatoms. The van der Waals surface area contributed by atoms with E-state index >= 15 is 0 Å². The Morgan fingerprint density at radius 3 is 2.88 bits per heavy atom. The number of hydrogen-bond donors (Lipinski definition) is 1. The van der Waals surface area contributed by atoms with E-state index < -0.39 is 0 Å². The summed E-state index contributed by atoms with van der Waals surface area (Å²) in [5.74, 6) is 2.99. The average molecular weight is 233 g/mol. The quantitative estimate of drug-likeness (QED) is 0.603. The van der Waals surface area contributed by atoms with E-state index in [1.807, 2.05) is 6.92 Å². The number of pyridine rings is 1. The summed E-state index contributed by atoms with van der Waals surface area (Å²) in [4.78, 5) is 3.92. The Kier molecular flexibility index (Phi) is 2.93. The predicted octanol–water partition coefficient (Wildman–Crippen LogP) is 1.95. The lowest BCUT2D eigenvalue weighted by molar-refractivity contribution is 0.619. The molecule has 0 unspecified atom stereocenters. The van der Waals surface area contributed by atoms with Crippen molar-refractivity contribution in [3.8, 4) is 17.0 Å². The third-order valence-electron chi connectivity index (χ3n) is 2.04. The molecule has 0 radical (unpaired) electrons. The van der Waals surface area contributed by atoms with Gasteiger partial charge in [0.05, 0.1) is 17.5 Å². The van der Waals surface area contributed by atoms with Gasteiger partial charge in [-0.2, -0.15) is 5.10 Å². The Hall–Kier alpha value is -1.80. The molecular weight excluding hydrogens is 225 g/mol. The van der Waals surface area contributed by atoms with Crippen LogP contribution in [0.3, 0.4) is 0 Å². The normalized spacial score (nSPS) is 9.69. The van der Waals surface area contributed by atoms with Gasteiger partial charge in [-0.05, 0) is 24.3 Å². The zero-order valence-electron chi connectivity index (χ0n) is 8.48. The Morgan fingerprint density at radius 1 is 1.44 bits per heavy atom. The van der Waals surface area contributed by atoms with E-state index in [4.69, 9.17) is 0 Å². The van der Waals surface area contributed by atoms with Gasteiger partial charge < -0.3 is 0 Å². The largest absolute Gasteiger partial charge is 0.234 e. The van der Waals surface area contributed by atoms with E-state index in [0.717, 1.165) is 17.5 Å². The maximum atomic E-state index is 12.7.